The summed E-state index contributed by atoms with van der Waals surface area (Å²) in [5, 5.41) is 7.16. The summed E-state index contributed by atoms with van der Waals surface area (Å²) in [6.45, 7) is 1.73. The molecule has 21 heavy (non-hydrogen) atoms. The largest absolute Gasteiger partial charge is 0.480 e. The van der Waals surface area contributed by atoms with E-state index in [0.717, 1.165) is 18.2 Å². The molecule has 1 unspecified atom stereocenters. The summed E-state index contributed by atoms with van der Waals surface area (Å²) in [7, 11) is -4.61. The van der Waals surface area contributed by atoms with Crippen LogP contribution in [-0.2, 0) is 20.8 Å². The monoisotopic (exact) mass is 324 g/mol. The van der Waals surface area contributed by atoms with Crippen LogP contribution in [-0.4, -0.2) is 24.7 Å². The highest BCUT2D eigenvalue weighted by Crippen LogP contribution is 2.35. The minimum Gasteiger partial charge on any atom is -0.480 e. The van der Waals surface area contributed by atoms with Crippen LogP contribution in [0.4, 0.5) is 13.2 Å². The van der Waals surface area contributed by atoms with Gasteiger partial charge in [0.15, 0.2) is 15.1 Å². The minimum atomic E-state index is -4.86. The molecule has 1 aromatic rings. The Morgan fingerprint density at radius 1 is 1.29 bits per heavy atom. The normalized spacial score (nSPS) is 13.9. The first-order valence-electron chi connectivity index (χ1n) is 6.25. The summed E-state index contributed by atoms with van der Waals surface area (Å²) in [5.41, 5.74) is -1.34. The highest BCUT2D eigenvalue weighted by atomic mass is 32.2. The first-order chi connectivity index (χ1) is 9.62. The Kier molecular flexibility index (Phi) is 5.38. The van der Waals surface area contributed by atoms with E-state index in [1.165, 1.54) is 0 Å². The molecule has 0 fully saturated rings. The van der Waals surface area contributed by atoms with Crippen molar-refractivity contribution in [2.75, 3.05) is 0 Å². The first kappa shape index (κ1) is 17.5. The van der Waals surface area contributed by atoms with Gasteiger partial charge in [-0.1, -0.05) is 31.9 Å². The highest BCUT2D eigenvalue weighted by Gasteiger charge is 2.41. The van der Waals surface area contributed by atoms with Crippen LogP contribution in [0.1, 0.15) is 31.7 Å². The number of hydrogen-bond donors (Lipinski definition) is 1. The van der Waals surface area contributed by atoms with Gasteiger partial charge in [0.25, 0.3) is 0 Å². The van der Waals surface area contributed by atoms with Crippen molar-refractivity contribution in [1.82, 2.24) is 0 Å². The van der Waals surface area contributed by atoms with Crippen LogP contribution in [0.2, 0.25) is 0 Å². The topological polar surface area (TPSA) is 71.4 Å². The fourth-order valence-corrected chi connectivity index (χ4v) is 3.71. The Morgan fingerprint density at radius 3 is 2.33 bits per heavy atom. The number of halogens is 3. The summed E-state index contributed by atoms with van der Waals surface area (Å²) < 4.78 is 63.2. The van der Waals surface area contributed by atoms with E-state index in [2.05, 4.69) is 0 Å². The van der Waals surface area contributed by atoms with Crippen molar-refractivity contribution in [3.63, 3.8) is 0 Å². The van der Waals surface area contributed by atoms with E-state index in [9.17, 15) is 26.4 Å². The molecule has 1 atom stereocenters. The third kappa shape index (κ3) is 3.96. The van der Waals surface area contributed by atoms with Crippen LogP contribution in [0.5, 0.6) is 0 Å². The summed E-state index contributed by atoms with van der Waals surface area (Å²) in [6, 6.07) is 3.62. The Labute approximate surface area is 120 Å². The zero-order valence-corrected chi connectivity index (χ0v) is 12.0. The minimum absolute atomic E-state index is 0.222. The van der Waals surface area contributed by atoms with Crippen LogP contribution in [0, 0.1) is 0 Å². The van der Waals surface area contributed by atoms with Gasteiger partial charge in [-0.2, -0.15) is 13.2 Å². The molecule has 1 rings (SSSR count). The number of carboxylic acid groups (broad SMARTS) is 1. The molecule has 0 aliphatic heterocycles. The van der Waals surface area contributed by atoms with E-state index in [1.807, 2.05) is 0 Å². The lowest BCUT2D eigenvalue weighted by Crippen LogP contribution is -2.31. The molecule has 0 aromatic heterocycles. The number of unbranched alkanes of at least 4 members (excludes halogenated alkanes) is 1. The van der Waals surface area contributed by atoms with E-state index >= 15 is 0 Å². The van der Waals surface area contributed by atoms with E-state index in [4.69, 9.17) is 5.11 Å². The molecular formula is C13H15F3O4S. The van der Waals surface area contributed by atoms with Crippen LogP contribution in [0.3, 0.4) is 0 Å². The van der Waals surface area contributed by atoms with Gasteiger partial charge in [-0.3, -0.25) is 4.79 Å². The van der Waals surface area contributed by atoms with Crippen LogP contribution in [0.25, 0.3) is 0 Å². The first-order valence-corrected chi connectivity index (χ1v) is 7.80. The van der Waals surface area contributed by atoms with Crippen molar-refractivity contribution in [3.8, 4) is 0 Å². The van der Waals surface area contributed by atoms with Gasteiger partial charge in [0, 0.05) is 0 Å². The van der Waals surface area contributed by atoms with Gasteiger partial charge in [-0.25, -0.2) is 8.42 Å². The van der Waals surface area contributed by atoms with Crippen molar-refractivity contribution in [2.24, 2.45) is 0 Å². The van der Waals surface area contributed by atoms with Crippen LogP contribution >= 0.6 is 0 Å². The second kappa shape index (κ2) is 6.46. The lowest BCUT2D eigenvalue weighted by atomic mass is 10.2. The van der Waals surface area contributed by atoms with Crippen LogP contribution in [0.15, 0.2) is 29.2 Å². The van der Waals surface area contributed by atoms with E-state index in [1.54, 1.807) is 6.92 Å². The molecule has 0 heterocycles. The summed E-state index contributed by atoms with van der Waals surface area (Å²) in [6.07, 6.45) is -4.25. The third-order valence-corrected chi connectivity index (χ3v) is 5.12. The molecule has 0 bridgehead atoms. The zero-order valence-electron chi connectivity index (χ0n) is 11.2. The Morgan fingerprint density at radius 2 is 1.86 bits per heavy atom. The van der Waals surface area contributed by atoms with Crippen molar-refractivity contribution in [3.05, 3.63) is 29.8 Å². The van der Waals surface area contributed by atoms with Gasteiger partial charge >= 0.3 is 12.1 Å². The van der Waals surface area contributed by atoms with Gasteiger partial charge in [0.1, 0.15) is 0 Å². The molecular weight excluding hydrogens is 309 g/mol. The molecule has 1 N–H and O–H groups in total. The standard InChI is InChI=1S/C13H15F3O4S/c1-2-3-7-11(12(17)18)21(19,20)10-8-5-4-6-9(10)13(14,15)16/h4-6,8,11H,2-3,7H2,1H3,(H,17,18). The molecule has 0 aliphatic rings. The van der Waals surface area contributed by atoms with E-state index < -0.39 is 37.7 Å². The molecule has 8 heteroatoms. The molecule has 0 spiro atoms. The number of alkyl halides is 3. The number of benzene rings is 1. The van der Waals surface area contributed by atoms with Gasteiger partial charge in [0.05, 0.1) is 10.5 Å². The number of aliphatic carboxylic acids is 1. The predicted octanol–water partition coefficient (Wildman–Crippen LogP) is 3.12. The average molecular weight is 324 g/mol. The van der Waals surface area contributed by atoms with Crippen molar-refractivity contribution in [2.45, 2.75) is 42.5 Å². The SMILES string of the molecule is CCCCC(C(=O)O)S(=O)(=O)c1ccccc1C(F)(F)F. The van der Waals surface area contributed by atoms with Gasteiger partial charge in [-0.15, -0.1) is 0 Å². The highest BCUT2D eigenvalue weighted by molar-refractivity contribution is 7.92. The van der Waals surface area contributed by atoms with Gasteiger partial charge in [-0.05, 0) is 18.6 Å². The summed E-state index contributed by atoms with van der Waals surface area (Å²) in [4.78, 5) is 10.1. The number of hydrogen-bond acceptors (Lipinski definition) is 3. The quantitative estimate of drug-likeness (QED) is 0.873. The van der Waals surface area contributed by atoms with Gasteiger partial charge in [0.2, 0.25) is 0 Å². The molecule has 0 saturated carbocycles. The number of rotatable bonds is 6. The average Bonchev–Trinajstić information content (AvgIpc) is 2.37. The molecule has 0 radical (unpaired) electrons. The zero-order chi connectivity index (χ0) is 16.3. The van der Waals surface area contributed by atoms with Crippen molar-refractivity contribution < 1.29 is 31.5 Å². The maximum atomic E-state index is 12.9. The Balaban J connectivity index is 3.39. The second-order valence-electron chi connectivity index (χ2n) is 4.51. The molecule has 0 amide bonds. The van der Waals surface area contributed by atoms with E-state index in [-0.39, 0.29) is 6.42 Å². The number of carbonyl (C=O) groups is 1. The Hall–Kier alpha value is -1.57. The maximum Gasteiger partial charge on any atom is 0.417 e. The second-order valence-corrected chi connectivity index (χ2v) is 6.61. The lowest BCUT2D eigenvalue weighted by molar-refractivity contribution is -0.140. The molecule has 118 valence electrons. The van der Waals surface area contributed by atoms with Crippen molar-refractivity contribution >= 4 is 15.8 Å². The van der Waals surface area contributed by atoms with Crippen molar-refractivity contribution in [1.29, 1.82) is 0 Å². The Bertz CT molecular complexity index is 608. The predicted molar refractivity (Wildman–Crippen MR) is 69.6 cm³/mol. The van der Waals surface area contributed by atoms with Crippen LogP contribution < -0.4 is 0 Å². The van der Waals surface area contributed by atoms with Gasteiger partial charge < -0.3 is 5.11 Å². The maximum absolute atomic E-state index is 12.9. The smallest absolute Gasteiger partial charge is 0.417 e. The molecule has 0 saturated heterocycles. The number of carboxylic acids is 1. The lowest BCUT2D eigenvalue weighted by Gasteiger charge is -2.17. The summed E-state index contributed by atoms with van der Waals surface area (Å²) in [5.74, 6) is -1.64. The fourth-order valence-electron chi connectivity index (χ4n) is 1.90. The third-order valence-electron chi connectivity index (χ3n) is 2.97. The summed E-state index contributed by atoms with van der Waals surface area (Å²) >= 11 is 0. The molecule has 4 nitrogen and oxygen atoms in total. The van der Waals surface area contributed by atoms with E-state index in [0.29, 0.717) is 18.9 Å². The fraction of sp³-hybridized carbons (Fsp3) is 0.462. The number of sulfone groups is 1. The molecule has 0 aliphatic carbocycles. The molecule has 1 aromatic carbocycles.